The Morgan fingerprint density at radius 1 is 0.889 bits per heavy atom. The summed E-state index contributed by atoms with van der Waals surface area (Å²) in [6.07, 6.45) is 3.48. The maximum atomic E-state index is 4.82. The van der Waals surface area contributed by atoms with Gasteiger partial charge in [-0.05, 0) is 49.4 Å². The Labute approximate surface area is 108 Å². The van der Waals surface area contributed by atoms with Gasteiger partial charge in [-0.15, -0.1) is 0 Å². The molecule has 1 heteroatoms. The van der Waals surface area contributed by atoms with Gasteiger partial charge in [-0.2, -0.15) is 0 Å². The summed E-state index contributed by atoms with van der Waals surface area (Å²) in [6, 6.07) is 17.1. The Bertz CT molecular complexity index is 579. The van der Waals surface area contributed by atoms with Crippen LogP contribution in [-0.4, -0.2) is 5.71 Å². The first-order valence-electron chi connectivity index (χ1n) is 6.55. The lowest BCUT2D eigenvalue weighted by Crippen LogP contribution is -2.11. The van der Waals surface area contributed by atoms with Crippen LogP contribution in [0.3, 0.4) is 0 Å². The van der Waals surface area contributed by atoms with E-state index in [0.29, 0.717) is 0 Å². The number of hydrogen-bond donors (Lipinski definition) is 0. The van der Waals surface area contributed by atoms with Crippen LogP contribution in [0.5, 0.6) is 0 Å². The van der Waals surface area contributed by atoms with Crippen molar-refractivity contribution in [3.05, 3.63) is 65.2 Å². The molecule has 0 aliphatic heterocycles. The summed E-state index contributed by atoms with van der Waals surface area (Å²) in [5, 5.41) is 0. The maximum absolute atomic E-state index is 4.82. The maximum Gasteiger partial charge on any atom is 0.0633 e. The number of fused-ring (bicyclic) bond motifs is 1. The molecule has 0 atom stereocenters. The van der Waals surface area contributed by atoms with E-state index < -0.39 is 0 Å². The Balaban J connectivity index is 2.00. The fourth-order valence-corrected chi connectivity index (χ4v) is 2.49. The fourth-order valence-electron chi connectivity index (χ4n) is 2.49. The van der Waals surface area contributed by atoms with Crippen molar-refractivity contribution < 1.29 is 0 Å². The van der Waals surface area contributed by atoms with Crippen LogP contribution < -0.4 is 0 Å². The van der Waals surface area contributed by atoms with E-state index in [-0.39, 0.29) is 0 Å². The van der Waals surface area contributed by atoms with Crippen LogP contribution in [0.25, 0.3) is 0 Å². The SMILES string of the molecule is Cc1ccc(N=C2CCCc3ccccc32)cc1. The molecule has 0 heterocycles. The Kier molecular flexibility index (Phi) is 2.97. The summed E-state index contributed by atoms with van der Waals surface area (Å²) in [5.74, 6) is 0. The normalized spacial score (nSPS) is 16.6. The first-order chi connectivity index (χ1) is 8.83. The van der Waals surface area contributed by atoms with E-state index in [0.717, 1.165) is 12.1 Å². The topological polar surface area (TPSA) is 12.4 Å². The highest BCUT2D eigenvalue weighted by Crippen LogP contribution is 2.24. The van der Waals surface area contributed by atoms with Crippen molar-refractivity contribution in [3.63, 3.8) is 0 Å². The molecule has 0 N–H and O–H groups in total. The third kappa shape index (κ3) is 2.21. The molecule has 0 saturated carbocycles. The minimum atomic E-state index is 1.06. The summed E-state index contributed by atoms with van der Waals surface area (Å²) in [4.78, 5) is 4.82. The first-order valence-corrected chi connectivity index (χ1v) is 6.55. The number of benzene rings is 2. The van der Waals surface area contributed by atoms with Crippen molar-refractivity contribution in [2.75, 3.05) is 0 Å². The van der Waals surface area contributed by atoms with Crippen molar-refractivity contribution in [1.82, 2.24) is 0 Å². The lowest BCUT2D eigenvalue weighted by atomic mass is 9.90. The van der Waals surface area contributed by atoms with Crippen LogP contribution in [-0.2, 0) is 6.42 Å². The van der Waals surface area contributed by atoms with E-state index in [2.05, 4.69) is 55.5 Å². The summed E-state index contributed by atoms with van der Waals surface area (Å²) < 4.78 is 0. The van der Waals surface area contributed by atoms with Crippen molar-refractivity contribution in [2.45, 2.75) is 26.2 Å². The smallest absolute Gasteiger partial charge is 0.0633 e. The van der Waals surface area contributed by atoms with E-state index >= 15 is 0 Å². The molecule has 90 valence electrons. The van der Waals surface area contributed by atoms with E-state index in [1.807, 2.05) is 0 Å². The predicted molar refractivity (Wildman–Crippen MR) is 76.8 cm³/mol. The van der Waals surface area contributed by atoms with Crippen LogP contribution in [0, 0.1) is 6.92 Å². The largest absolute Gasteiger partial charge is 0.253 e. The number of nitrogens with zero attached hydrogens (tertiary/aromatic N) is 1. The highest BCUT2D eigenvalue weighted by molar-refractivity contribution is 6.04. The molecule has 0 aromatic heterocycles. The highest BCUT2D eigenvalue weighted by atomic mass is 14.7. The van der Waals surface area contributed by atoms with Crippen molar-refractivity contribution in [2.24, 2.45) is 4.99 Å². The van der Waals surface area contributed by atoms with Gasteiger partial charge in [-0.25, -0.2) is 0 Å². The van der Waals surface area contributed by atoms with Crippen molar-refractivity contribution in [3.8, 4) is 0 Å². The van der Waals surface area contributed by atoms with Gasteiger partial charge in [0.2, 0.25) is 0 Å². The van der Waals surface area contributed by atoms with Crippen LogP contribution in [0.1, 0.15) is 29.5 Å². The molecule has 0 bridgehead atoms. The van der Waals surface area contributed by atoms with Gasteiger partial charge >= 0.3 is 0 Å². The zero-order valence-electron chi connectivity index (χ0n) is 10.7. The standard InChI is InChI=1S/C17H17N/c1-13-9-11-15(12-10-13)18-17-8-4-6-14-5-2-3-7-16(14)17/h2-3,5,7,9-12H,4,6,8H2,1H3. The van der Waals surface area contributed by atoms with Crippen LogP contribution in [0.15, 0.2) is 53.5 Å². The van der Waals surface area contributed by atoms with Crippen LogP contribution in [0.2, 0.25) is 0 Å². The van der Waals surface area contributed by atoms with Crippen molar-refractivity contribution in [1.29, 1.82) is 0 Å². The fraction of sp³-hybridized carbons (Fsp3) is 0.235. The van der Waals surface area contributed by atoms with Gasteiger partial charge in [-0.3, -0.25) is 4.99 Å². The molecular formula is C17H17N. The van der Waals surface area contributed by atoms with E-state index in [1.165, 1.54) is 35.2 Å². The first kappa shape index (κ1) is 11.2. The molecule has 0 fully saturated rings. The lowest BCUT2D eigenvalue weighted by molar-refractivity contribution is 0.839. The number of rotatable bonds is 1. The number of hydrogen-bond acceptors (Lipinski definition) is 1. The summed E-state index contributed by atoms with van der Waals surface area (Å²) in [5.41, 5.74) is 6.36. The van der Waals surface area contributed by atoms with Gasteiger partial charge in [0, 0.05) is 5.71 Å². The molecule has 3 rings (SSSR count). The van der Waals surface area contributed by atoms with Gasteiger partial charge in [0.1, 0.15) is 0 Å². The Morgan fingerprint density at radius 3 is 2.50 bits per heavy atom. The van der Waals surface area contributed by atoms with Gasteiger partial charge in [-0.1, -0.05) is 42.0 Å². The zero-order valence-corrected chi connectivity index (χ0v) is 10.7. The molecule has 0 saturated heterocycles. The lowest BCUT2D eigenvalue weighted by Gasteiger charge is -2.17. The summed E-state index contributed by atoms with van der Waals surface area (Å²) in [7, 11) is 0. The van der Waals surface area contributed by atoms with Gasteiger partial charge < -0.3 is 0 Å². The van der Waals surface area contributed by atoms with Crippen LogP contribution in [0.4, 0.5) is 5.69 Å². The average molecular weight is 235 g/mol. The Hall–Kier alpha value is -1.89. The quantitative estimate of drug-likeness (QED) is 0.692. The zero-order chi connectivity index (χ0) is 12.4. The van der Waals surface area contributed by atoms with Crippen LogP contribution >= 0.6 is 0 Å². The number of aryl methyl sites for hydroxylation is 2. The molecule has 1 aliphatic carbocycles. The molecule has 0 amide bonds. The second-order valence-corrected chi connectivity index (χ2v) is 4.90. The third-order valence-electron chi connectivity index (χ3n) is 3.49. The number of aliphatic imine (C=N–C) groups is 1. The third-order valence-corrected chi connectivity index (χ3v) is 3.49. The van der Waals surface area contributed by atoms with Crippen molar-refractivity contribution >= 4 is 11.4 Å². The van der Waals surface area contributed by atoms with Gasteiger partial charge in [0.15, 0.2) is 0 Å². The summed E-state index contributed by atoms with van der Waals surface area (Å²) in [6.45, 7) is 2.10. The molecule has 2 aromatic rings. The molecule has 0 unspecified atom stereocenters. The molecule has 1 aliphatic rings. The average Bonchev–Trinajstić information content (AvgIpc) is 2.42. The highest BCUT2D eigenvalue weighted by Gasteiger charge is 2.14. The predicted octanol–water partition coefficient (Wildman–Crippen LogP) is 4.45. The molecule has 0 spiro atoms. The second-order valence-electron chi connectivity index (χ2n) is 4.90. The second kappa shape index (κ2) is 4.77. The molecule has 1 nitrogen and oxygen atoms in total. The van der Waals surface area contributed by atoms with Gasteiger partial charge in [0.25, 0.3) is 0 Å². The summed E-state index contributed by atoms with van der Waals surface area (Å²) >= 11 is 0. The monoisotopic (exact) mass is 235 g/mol. The van der Waals surface area contributed by atoms with E-state index in [4.69, 9.17) is 4.99 Å². The van der Waals surface area contributed by atoms with E-state index in [1.54, 1.807) is 0 Å². The minimum absolute atomic E-state index is 1.06. The molecule has 0 radical (unpaired) electrons. The van der Waals surface area contributed by atoms with E-state index in [9.17, 15) is 0 Å². The Morgan fingerprint density at radius 2 is 1.67 bits per heavy atom. The minimum Gasteiger partial charge on any atom is -0.253 e. The van der Waals surface area contributed by atoms with Gasteiger partial charge in [0.05, 0.1) is 5.69 Å². The molecular weight excluding hydrogens is 218 g/mol. The molecule has 2 aromatic carbocycles. The molecule has 18 heavy (non-hydrogen) atoms.